The van der Waals surface area contributed by atoms with Crippen molar-refractivity contribution in [2.75, 3.05) is 12.8 Å². The summed E-state index contributed by atoms with van der Waals surface area (Å²) in [5, 5.41) is 0.500. The summed E-state index contributed by atoms with van der Waals surface area (Å²) >= 11 is 1.27. The third kappa shape index (κ3) is 4.96. The van der Waals surface area contributed by atoms with Gasteiger partial charge in [0.25, 0.3) is 5.56 Å². The number of amides is 1. The van der Waals surface area contributed by atoms with Crippen molar-refractivity contribution in [3.8, 4) is 0 Å². The summed E-state index contributed by atoms with van der Waals surface area (Å²) in [6.45, 7) is 4.04. The van der Waals surface area contributed by atoms with E-state index >= 15 is 0 Å². The number of rotatable bonds is 7. The molecule has 1 heterocycles. The second-order valence-corrected chi connectivity index (χ2v) is 6.64. The zero-order valence-corrected chi connectivity index (χ0v) is 15.1. The zero-order chi connectivity index (χ0) is 17.5. The van der Waals surface area contributed by atoms with Crippen LogP contribution in [0.4, 0.5) is 0 Å². The standard InChI is InChI=1S/C18H23N3O2S/c1-4-8-15-11-16(22)20-18(19-15)24-12-17(23)21(3)13(2)14-9-6-5-7-10-14/h5-7,9-11,13H,4,8,12H2,1-3H3,(H,19,20,22). The van der Waals surface area contributed by atoms with Crippen LogP contribution >= 0.6 is 11.8 Å². The average molecular weight is 345 g/mol. The van der Waals surface area contributed by atoms with Crippen LogP contribution in [0.5, 0.6) is 0 Å². The molecule has 1 aromatic heterocycles. The van der Waals surface area contributed by atoms with Gasteiger partial charge in [-0.3, -0.25) is 9.59 Å². The van der Waals surface area contributed by atoms with Crippen molar-refractivity contribution in [3.05, 3.63) is 58.0 Å². The number of carbonyl (C=O) groups is 1. The summed E-state index contributed by atoms with van der Waals surface area (Å²) in [4.78, 5) is 32.9. The van der Waals surface area contributed by atoms with E-state index in [0.717, 1.165) is 24.1 Å². The number of aromatic amines is 1. The van der Waals surface area contributed by atoms with E-state index in [1.165, 1.54) is 17.8 Å². The number of hydrogen-bond acceptors (Lipinski definition) is 4. The Morgan fingerprint density at radius 2 is 2.04 bits per heavy atom. The molecule has 1 amide bonds. The number of aromatic nitrogens is 2. The van der Waals surface area contributed by atoms with E-state index in [1.54, 1.807) is 11.9 Å². The summed E-state index contributed by atoms with van der Waals surface area (Å²) in [6, 6.07) is 11.4. The van der Waals surface area contributed by atoms with Crippen molar-refractivity contribution in [1.29, 1.82) is 0 Å². The van der Waals surface area contributed by atoms with Gasteiger partial charge in [0.05, 0.1) is 11.8 Å². The molecule has 0 aliphatic heterocycles. The first-order chi connectivity index (χ1) is 11.5. The Morgan fingerprint density at radius 3 is 2.71 bits per heavy atom. The van der Waals surface area contributed by atoms with Crippen molar-refractivity contribution >= 4 is 17.7 Å². The highest BCUT2D eigenvalue weighted by molar-refractivity contribution is 7.99. The summed E-state index contributed by atoms with van der Waals surface area (Å²) in [5.41, 5.74) is 1.69. The molecule has 128 valence electrons. The first-order valence-corrected chi connectivity index (χ1v) is 9.03. The van der Waals surface area contributed by atoms with Crippen LogP contribution in [0, 0.1) is 0 Å². The first kappa shape index (κ1) is 18.3. The van der Waals surface area contributed by atoms with Crippen LogP contribution in [0.25, 0.3) is 0 Å². The van der Waals surface area contributed by atoms with E-state index in [-0.39, 0.29) is 23.3 Å². The van der Waals surface area contributed by atoms with E-state index < -0.39 is 0 Å². The number of carbonyl (C=O) groups excluding carboxylic acids is 1. The Hall–Kier alpha value is -2.08. The maximum absolute atomic E-state index is 12.4. The van der Waals surface area contributed by atoms with Crippen LogP contribution < -0.4 is 5.56 Å². The van der Waals surface area contributed by atoms with Gasteiger partial charge in [-0.15, -0.1) is 0 Å². The van der Waals surface area contributed by atoms with Crippen molar-refractivity contribution in [2.24, 2.45) is 0 Å². The molecule has 1 aromatic carbocycles. The van der Waals surface area contributed by atoms with Crippen LogP contribution in [0.2, 0.25) is 0 Å². The topological polar surface area (TPSA) is 66.1 Å². The minimum Gasteiger partial charge on any atom is -0.338 e. The van der Waals surface area contributed by atoms with Gasteiger partial charge >= 0.3 is 0 Å². The molecule has 1 atom stereocenters. The Morgan fingerprint density at radius 1 is 1.33 bits per heavy atom. The number of benzene rings is 1. The fraction of sp³-hybridized carbons (Fsp3) is 0.389. The second kappa shape index (κ2) is 8.68. The van der Waals surface area contributed by atoms with Crippen molar-refractivity contribution in [1.82, 2.24) is 14.9 Å². The number of thioether (sulfide) groups is 1. The number of H-pyrrole nitrogens is 1. The molecule has 0 saturated heterocycles. The quantitative estimate of drug-likeness (QED) is 0.619. The predicted molar refractivity (Wildman–Crippen MR) is 97.2 cm³/mol. The molecule has 5 nitrogen and oxygen atoms in total. The molecule has 2 rings (SSSR count). The van der Waals surface area contributed by atoms with Crippen LogP contribution in [0.3, 0.4) is 0 Å². The van der Waals surface area contributed by atoms with Gasteiger partial charge < -0.3 is 9.88 Å². The third-order valence-corrected chi connectivity index (χ3v) is 4.73. The Kier molecular flexibility index (Phi) is 6.61. The molecule has 0 radical (unpaired) electrons. The fourth-order valence-electron chi connectivity index (χ4n) is 2.34. The number of nitrogens with zero attached hydrogens (tertiary/aromatic N) is 2. The highest BCUT2D eigenvalue weighted by Crippen LogP contribution is 2.20. The highest BCUT2D eigenvalue weighted by atomic mass is 32.2. The van der Waals surface area contributed by atoms with E-state index in [9.17, 15) is 9.59 Å². The van der Waals surface area contributed by atoms with Crippen LogP contribution in [0.1, 0.15) is 37.6 Å². The molecule has 6 heteroatoms. The largest absolute Gasteiger partial charge is 0.338 e. The lowest BCUT2D eigenvalue weighted by Gasteiger charge is -2.25. The van der Waals surface area contributed by atoms with E-state index in [1.807, 2.05) is 44.2 Å². The molecule has 2 aromatic rings. The maximum atomic E-state index is 12.4. The maximum Gasteiger partial charge on any atom is 0.251 e. The molecular weight excluding hydrogens is 322 g/mol. The van der Waals surface area contributed by atoms with Gasteiger partial charge in [-0.25, -0.2) is 4.98 Å². The number of hydrogen-bond donors (Lipinski definition) is 1. The number of nitrogens with one attached hydrogen (secondary N) is 1. The SMILES string of the molecule is CCCc1cc(=O)[nH]c(SCC(=O)N(C)C(C)c2ccccc2)n1. The minimum absolute atomic E-state index is 0.0000957. The smallest absolute Gasteiger partial charge is 0.251 e. The van der Waals surface area contributed by atoms with Crippen LogP contribution in [-0.2, 0) is 11.2 Å². The van der Waals surface area contributed by atoms with Gasteiger partial charge in [-0.1, -0.05) is 55.4 Å². The fourth-order valence-corrected chi connectivity index (χ4v) is 3.16. The molecule has 1 unspecified atom stereocenters. The molecule has 0 fully saturated rings. The Balaban J connectivity index is 1.98. The lowest BCUT2D eigenvalue weighted by Crippen LogP contribution is -2.31. The molecule has 24 heavy (non-hydrogen) atoms. The monoisotopic (exact) mass is 345 g/mol. The zero-order valence-electron chi connectivity index (χ0n) is 14.3. The Labute approximate surface area is 146 Å². The minimum atomic E-state index is -0.172. The summed E-state index contributed by atoms with van der Waals surface area (Å²) in [7, 11) is 1.80. The number of aryl methyl sites for hydroxylation is 1. The first-order valence-electron chi connectivity index (χ1n) is 8.05. The van der Waals surface area contributed by atoms with E-state index in [2.05, 4.69) is 9.97 Å². The van der Waals surface area contributed by atoms with Gasteiger partial charge in [0.2, 0.25) is 5.91 Å². The summed E-state index contributed by atoms with van der Waals surface area (Å²) in [5.74, 6) is 0.242. The van der Waals surface area contributed by atoms with E-state index in [4.69, 9.17) is 0 Å². The molecule has 0 aliphatic carbocycles. The molecule has 0 aliphatic rings. The van der Waals surface area contributed by atoms with Crippen molar-refractivity contribution < 1.29 is 4.79 Å². The van der Waals surface area contributed by atoms with Crippen molar-refractivity contribution in [2.45, 2.75) is 37.9 Å². The van der Waals surface area contributed by atoms with Gasteiger partial charge in [0.1, 0.15) is 0 Å². The van der Waals surface area contributed by atoms with Gasteiger partial charge in [0, 0.05) is 18.8 Å². The van der Waals surface area contributed by atoms with Gasteiger partial charge in [-0.2, -0.15) is 0 Å². The van der Waals surface area contributed by atoms with Gasteiger partial charge in [-0.05, 0) is 18.9 Å². The average Bonchev–Trinajstić information content (AvgIpc) is 2.59. The van der Waals surface area contributed by atoms with Crippen LogP contribution in [0.15, 0.2) is 46.3 Å². The summed E-state index contributed by atoms with van der Waals surface area (Å²) in [6.07, 6.45) is 1.69. The molecule has 0 spiro atoms. The van der Waals surface area contributed by atoms with Crippen molar-refractivity contribution in [3.63, 3.8) is 0 Å². The normalized spacial score (nSPS) is 12.0. The summed E-state index contributed by atoms with van der Waals surface area (Å²) < 4.78 is 0. The second-order valence-electron chi connectivity index (χ2n) is 5.67. The predicted octanol–water partition coefficient (Wildman–Crippen LogP) is 3.03. The van der Waals surface area contributed by atoms with Gasteiger partial charge in [0.15, 0.2) is 5.16 Å². The lowest BCUT2D eigenvalue weighted by atomic mass is 10.1. The molecule has 0 saturated carbocycles. The molecular formula is C18H23N3O2S. The Bertz CT molecular complexity index is 731. The lowest BCUT2D eigenvalue weighted by molar-refractivity contribution is -0.128. The highest BCUT2D eigenvalue weighted by Gasteiger charge is 2.17. The van der Waals surface area contributed by atoms with E-state index in [0.29, 0.717) is 5.16 Å². The third-order valence-electron chi connectivity index (χ3n) is 3.87. The van der Waals surface area contributed by atoms with Crippen LogP contribution in [-0.4, -0.2) is 33.6 Å². The molecule has 1 N–H and O–H groups in total. The molecule has 0 bridgehead atoms.